The van der Waals surface area contributed by atoms with Crippen molar-refractivity contribution in [2.24, 2.45) is 0 Å². The third-order valence-corrected chi connectivity index (χ3v) is 3.94. The number of aromatic nitrogens is 2. The predicted octanol–water partition coefficient (Wildman–Crippen LogP) is 4.98. The summed E-state index contributed by atoms with van der Waals surface area (Å²) in [6, 6.07) is 18.8. The van der Waals surface area contributed by atoms with Crippen LogP contribution in [-0.2, 0) is 0 Å². The Labute approximate surface area is 125 Å². The molecule has 0 saturated heterocycles. The van der Waals surface area contributed by atoms with E-state index in [0.29, 0.717) is 4.77 Å². The third kappa shape index (κ3) is 1.87. The fraction of sp³-hybridized carbons (Fsp3) is 0. The highest BCUT2D eigenvalue weighted by Crippen LogP contribution is 2.26. The Hall–Kier alpha value is -2.46. The number of nitrogens with one attached hydrogen (secondary N) is 1. The van der Waals surface area contributed by atoms with Crippen LogP contribution in [0.5, 0.6) is 0 Å². The number of fused-ring (bicyclic) bond motifs is 2. The van der Waals surface area contributed by atoms with Gasteiger partial charge in [-0.05, 0) is 35.8 Å². The average molecular weight is 294 g/mol. The molecule has 0 radical (unpaired) electrons. The number of H-pyrrole nitrogens is 1. The Bertz CT molecular complexity index is 1020. The fourth-order valence-electron chi connectivity index (χ4n) is 2.72. The number of hydrogen-bond donors (Lipinski definition) is 1. The molecule has 0 bridgehead atoms. The van der Waals surface area contributed by atoms with Crippen LogP contribution in [-0.4, -0.2) is 9.55 Å². The maximum atomic E-state index is 13.6. The lowest BCUT2D eigenvalue weighted by Crippen LogP contribution is -1.95. The molecule has 0 amide bonds. The topological polar surface area (TPSA) is 20.7 Å². The van der Waals surface area contributed by atoms with Gasteiger partial charge < -0.3 is 4.98 Å². The van der Waals surface area contributed by atoms with Crippen molar-refractivity contribution in [3.63, 3.8) is 0 Å². The molecule has 1 N–H and O–H groups in total. The summed E-state index contributed by atoms with van der Waals surface area (Å²) in [6.07, 6.45) is 0. The normalized spacial score (nSPS) is 11.3. The molecule has 4 rings (SSSR count). The second-order valence-electron chi connectivity index (χ2n) is 4.93. The molecule has 4 heteroatoms. The molecule has 0 spiro atoms. The van der Waals surface area contributed by atoms with Crippen molar-refractivity contribution in [1.29, 1.82) is 0 Å². The minimum atomic E-state index is -0.273. The van der Waals surface area contributed by atoms with Crippen molar-refractivity contribution >= 4 is 34.0 Å². The summed E-state index contributed by atoms with van der Waals surface area (Å²) >= 11 is 5.43. The largest absolute Gasteiger partial charge is 0.330 e. The van der Waals surface area contributed by atoms with E-state index >= 15 is 0 Å². The Morgan fingerprint density at radius 3 is 2.67 bits per heavy atom. The molecule has 1 heterocycles. The highest BCUT2D eigenvalue weighted by molar-refractivity contribution is 7.71. The van der Waals surface area contributed by atoms with Crippen molar-refractivity contribution in [2.45, 2.75) is 0 Å². The van der Waals surface area contributed by atoms with Crippen LogP contribution in [0.4, 0.5) is 4.39 Å². The van der Waals surface area contributed by atoms with Gasteiger partial charge in [-0.25, -0.2) is 4.39 Å². The smallest absolute Gasteiger partial charge is 0.182 e. The van der Waals surface area contributed by atoms with Crippen molar-refractivity contribution in [3.05, 3.63) is 71.3 Å². The van der Waals surface area contributed by atoms with Gasteiger partial charge in [-0.2, -0.15) is 0 Å². The maximum absolute atomic E-state index is 13.6. The number of hydrogen-bond acceptors (Lipinski definition) is 1. The number of benzene rings is 3. The first-order valence-corrected chi connectivity index (χ1v) is 7.03. The monoisotopic (exact) mass is 294 g/mol. The molecular formula is C17H11FN2S. The van der Waals surface area contributed by atoms with Gasteiger partial charge in [0.05, 0.1) is 16.7 Å². The van der Waals surface area contributed by atoms with E-state index in [1.165, 1.54) is 12.1 Å². The van der Waals surface area contributed by atoms with E-state index < -0.39 is 0 Å². The van der Waals surface area contributed by atoms with Gasteiger partial charge in [0.25, 0.3) is 0 Å². The van der Waals surface area contributed by atoms with Crippen molar-refractivity contribution < 1.29 is 4.39 Å². The maximum Gasteiger partial charge on any atom is 0.182 e. The first-order chi connectivity index (χ1) is 10.2. The lowest BCUT2D eigenvalue weighted by Gasteiger charge is -2.08. The van der Waals surface area contributed by atoms with Gasteiger partial charge >= 0.3 is 0 Å². The van der Waals surface area contributed by atoms with Crippen molar-refractivity contribution in [1.82, 2.24) is 9.55 Å². The number of aromatic amines is 1. The minimum absolute atomic E-state index is 0.273. The molecule has 0 saturated carbocycles. The summed E-state index contributed by atoms with van der Waals surface area (Å²) in [5, 5.41) is 2.21. The van der Waals surface area contributed by atoms with Gasteiger partial charge in [0.15, 0.2) is 4.77 Å². The van der Waals surface area contributed by atoms with Gasteiger partial charge in [0.1, 0.15) is 5.82 Å². The van der Waals surface area contributed by atoms with Crippen LogP contribution in [0.25, 0.3) is 27.5 Å². The summed E-state index contributed by atoms with van der Waals surface area (Å²) in [5.41, 5.74) is 2.53. The van der Waals surface area contributed by atoms with Gasteiger partial charge in [-0.3, -0.25) is 4.57 Å². The van der Waals surface area contributed by atoms with Crippen LogP contribution >= 0.6 is 12.2 Å². The Morgan fingerprint density at radius 2 is 1.76 bits per heavy atom. The SMILES string of the molecule is Fc1ccc2[nH]c(=S)n(-c3cccc4ccccc34)c2c1. The van der Waals surface area contributed by atoms with E-state index in [2.05, 4.69) is 17.1 Å². The van der Waals surface area contributed by atoms with Crippen LogP contribution in [0.15, 0.2) is 60.7 Å². The molecule has 0 aliphatic carbocycles. The minimum Gasteiger partial charge on any atom is -0.330 e. The van der Waals surface area contributed by atoms with Crippen LogP contribution < -0.4 is 0 Å². The summed E-state index contributed by atoms with van der Waals surface area (Å²) < 4.78 is 16.0. The molecule has 0 fully saturated rings. The highest BCUT2D eigenvalue weighted by atomic mass is 32.1. The number of imidazole rings is 1. The number of nitrogens with zero attached hydrogens (tertiary/aromatic N) is 1. The number of halogens is 1. The highest BCUT2D eigenvalue weighted by Gasteiger charge is 2.10. The summed E-state index contributed by atoms with van der Waals surface area (Å²) in [6.45, 7) is 0. The van der Waals surface area contributed by atoms with E-state index in [1.807, 2.05) is 34.9 Å². The van der Waals surface area contributed by atoms with Crippen molar-refractivity contribution in [2.75, 3.05) is 0 Å². The first-order valence-electron chi connectivity index (χ1n) is 6.62. The Balaban J connectivity index is 2.16. The van der Waals surface area contributed by atoms with Crippen molar-refractivity contribution in [3.8, 4) is 5.69 Å². The zero-order valence-electron chi connectivity index (χ0n) is 11.0. The molecule has 4 aromatic rings. The van der Waals surface area contributed by atoms with E-state index in [9.17, 15) is 4.39 Å². The first kappa shape index (κ1) is 12.3. The van der Waals surface area contributed by atoms with Crippen LogP contribution in [0, 0.1) is 10.6 Å². The molecule has 0 aliphatic rings. The van der Waals surface area contributed by atoms with E-state index in [1.54, 1.807) is 6.07 Å². The third-order valence-electron chi connectivity index (χ3n) is 3.65. The van der Waals surface area contributed by atoms with Gasteiger partial charge in [-0.1, -0.05) is 36.4 Å². The fourth-order valence-corrected chi connectivity index (χ4v) is 3.03. The van der Waals surface area contributed by atoms with E-state index in [4.69, 9.17) is 12.2 Å². The quantitative estimate of drug-likeness (QED) is 0.491. The van der Waals surface area contributed by atoms with Crippen LogP contribution in [0.2, 0.25) is 0 Å². The zero-order chi connectivity index (χ0) is 14.4. The lowest BCUT2D eigenvalue weighted by atomic mass is 10.1. The Kier molecular flexibility index (Phi) is 2.65. The number of rotatable bonds is 1. The van der Waals surface area contributed by atoms with Gasteiger partial charge in [0.2, 0.25) is 0 Å². The molecule has 0 aliphatic heterocycles. The summed E-state index contributed by atoms with van der Waals surface area (Å²) in [5.74, 6) is -0.273. The lowest BCUT2D eigenvalue weighted by molar-refractivity contribution is 0.629. The van der Waals surface area contributed by atoms with Gasteiger partial charge in [0, 0.05) is 11.5 Å². The molecule has 3 aromatic carbocycles. The molecular weight excluding hydrogens is 283 g/mol. The molecule has 2 nitrogen and oxygen atoms in total. The van der Waals surface area contributed by atoms with E-state index in [0.717, 1.165) is 27.5 Å². The zero-order valence-corrected chi connectivity index (χ0v) is 11.8. The Morgan fingerprint density at radius 1 is 0.952 bits per heavy atom. The van der Waals surface area contributed by atoms with Crippen LogP contribution in [0.1, 0.15) is 0 Å². The average Bonchev–Trinajstić information content (AvgIpc) is 2.82. The molecule has 1 aromatic heterocycles. The summed E-state index contributed by atoms with van der Waals surface area (Å²) in [4.78, 5) is 3.13. The molecule has 0 atom stereocenters. The van der Waals surface area contributed by atoms with E-state index in [-0.39, 0.29) is 5.82 Å². The predicted molar refractivity (Wildman–Crippen MR) is 85.9 cm³/mol. The summed E-state index contributed by atoms with van der Waals surface area (Å²) in [7, 11) is 0. The standard InChI is InChI=1S/C17H11FN2S/c18-12-8-9-14-16(10-12)20(17(21)19-14)15-7-3-5-11-4-1-2-6-13(11)15/h1-10H,(H,19,21). The molecule has 21 heavy (non-hydrogen) atoms. The van der Waals surface area contributed by atoms with Gasteiger partial charge in [-0.15, -0.1) is 0 Å². The molecule has 0 unspecified atom stereocenters. The molecule has 102 valence electrons. The van der Waals surface area contributed by atoms with Crippen LogP contribution in [0.3, 0.4) is 0 Å². The second-order valence-corrected chi connectivity index (χ2v) is 5.31. The second kappa shape index (κ2) is 4.53.